The number of halogens is 3. The van der Waals surface area contributed by atoms with Gasteiger partial charge in [-0.3, -0.25) is 0 Å². The predicted octanol–water partition coefficient (Wildman–Crippen LogP) is 4.72. The van der Waals surface area contributed by atoms with Crippen LogP contribution >= 0.6 is 23.2 Å². The molecule has 2 nitrogen and oxygen atoms in total. The molecule has 0 fully saturated rings. The van der Waals surface area contributed by atoms with Gasteiger partial charge in [-0.25, -0.2) is 12.8 Å². The van der Waals surface area contributed by atoms with Crippen LogP contribution in [0.5, 0.6) is 0 Å². The predicted molar refractivity (Wildman–Crippen MR) is 84.5 cm³/mol. The molecule has 0 aliphatic rings. The molecule has 0 atom stereocenters. The van der Waals surface area contributed by atoms with Crippen LogP contribution in [0.4, 0.5) is 4.39 Å². The van der Waals surface area contributed by atoms with E-state index < -0.39 is 15.7 Å². The molecule has 0 aliphatic heterocycles. The molecule has 110 valence electrons. The van der Waals surface area contributed by atoms with E-state index in [1.807, 2.05) is 0 Å². The van der Waals surface area contributed by atoms with Gasteiger partial charge < -0.3 is 0 Å². The van der Waals surface area contributed by atoms with Crippen molar-refractivity contribution >= 4 is 39.1 Å². The molecule has 0 heterocycles. The number of rotatable bonds is 4. The number of hydrogen-bond donors (Lipinski definition) is 0. The van der Waals surface area contributed by atoms with Crippen LogP contribution in [0.25, 0.3) is 6.08 Å². The molecule has 6 heteroatoms. The quantitative estimate of drug-likeness (QED) is 0.804. The lowest BCUT2D eigenvalue weighted by Gasteiger charge is -2.01. The minimum atomic E-state index is -3.47. The van der Waals surface area contributed by atoms with Gasteiger partial charge in [0.2, 0.25) is 0 Å². The summed E-state index contributed by atoms with van der Waals surface area (Å²) in [6, 6.07) is 10.1. The maximum absolute atomic E-state index is 12.8. The average molecular weight is 345 g/mol. The van der Waals surface area contributed by atoms with Crippen LogP contribution in [0.1, 0.15) is 11.1 Å². The standard InChI is InChI=1S/C15H11Cl2FO2S/c16-13-4-3-12(15(17)9-13)7-8-21(19,20)10-11-1-5-14(18)6-2-11/h1-9H,10H2. The summed E-state index contributed by atoms with van der Waals surface area (Å²) in [7, 11) is -3.47. The molecule has 2 aromatic carbocycles. The van der Waals surface area contributed by atoms with Crippen LogP contribution < -0.4 is 0 Å². The Bertz CT molecular complexity index is 769. The summed E-state index contributed by atoms with van der Waals surface area (Å²) in [6.45, 7) is 0. The summed E-state index contributed by atoms with van der Waals surface area (Å²) < 4.78 is 36.8. The van der Waals surface area contributed by atoms with Crippen LogP contribution in [0, 0.1) is 5.82 Å². The second-order valence-corrected chi connectivity index (χ2v) is 7.13. The van der Waals surface area contributed by atoms with Gasteiger partial charge in [0.05, 0.1) is 5.75 Å². The zero-order valence-electron chi connectivity index (χ0n) is 10.8. The highest BCUT2D eigenvalue weighted by Crippen LogP contribution is 2.22. The Balaban J connectivity index is 2.16. The largest absolute Gasteiger partial charge is 0.224 e. The summed E-state index contributed by atoms with van der Waals surface area (Å²) in [5, 5.41) is 1.94. The molecule has 0 radical (unpaired) electrons. The van der Waals surface area contributed by atoms with Crippen molar-refractivity contribution in [3.8, 4) is 0 Å². The van der Waals surface area contributed by atoms with Gasteiger partial charge in [0.1, 0.15) is 5.82 Å². The summed E-state index contributed by atoms with van der Waals surface area (Å²) in [6.07, 6.45) is 1.41. The van der Waals surface area contributed by atoms with Gasteiger partial charge in [0.15, 0.2) is 9.84 Å². The molecule has 2 rings (SSSR count). The molecule has 0 spiro atoms. The topological polar surface area (TPSA) is 34.1 Å². The number of benzene rings is 2. The van der Waals surface area contributed by atoms with Gasteiger partial charge in [-0.1, -0.05) is 41.4 Å². The van der Waals surface area contributed by atoms with Gasteiger partial charge in [-0.15, -0.1) is 0 Å². The van der Waals surface area contributed by atoms with Crippen molar-refractivity contribution in [3.05, 3.63) is 74.9 Å². The fourth-order valence-electron chi connectivity index (χ4n) is 1.67. The highest BCUT2D eigenvalue weighted by molar-refractivity contribution is 7.93. The minimum absolute atomic E-state index is 0.199. The molecule has 0 amide bonds. The molecule has 0 saturated carbocycles. The van der Waals surface area contributed by atoms with E-state index in [2.05, 4.69) is 0 Å². The van der Waals surface area contributed by atoms with Crippen molar-refractivity contribution in [2.45, 2.75) is 5.75 Å². The fourth-order valence-corrected chi connectivity index (χ4v) is 3.25. The van der Waals surface area contributed by atoms with Crippen molar-refractivity contribution in [1.82, 2.24) is 0 Å². The summed E-state index contributed by atoms with van der Waals surface area (Å²) in [5.74, 6) is -0.603. The molecule has 0 aliphatic carbocycles. The second kappa shape index (κ2) is 6.60. The van der Waals surface area contributed by atoms with E-state index in [9.17, 15) is 12.8 Å². The number of hydrogen-bond acceptors (Lipinski definition) is 2. The first-order valence-electron chi connectivity index (χ1n) is 5.96. The van der Waals surface area contributed by atoms with Gasteiger partial charge in [0, 0.05) is 15.5 Å². The summed E-state index contributed by atoms with van der Waals surface area (Å²) >= 11 is 11.7. The van der Waals surface area contributed by atoms with Gasteiger partial charge in [0.25, 0.3) is 0 Å². The van der Waals surface area contributed by atoms with E-state index >= 15 is 0 Å². The lowest BCUT2D eigenvalue weighted by atomic mass is 10.2. The van der Waals surface area contributed by atoms with Gasteiger partial charge >= 0.3 is 0 Å². The Morgan fingerprint density at radius 1 is 1.05 bits per heavy atom. The third kappa shape index (κ3) is 4.84. The lowest BCUT2D eigenvalue weighted by Crippen LogP contribution is -2.00. The highest BCUT2D eigenvalue weighted by atomic mass is 35.5. The first-order chi connectivity index (χ1) is 9.85. The Kier molecular flexibility index (Phi) is 5.04. The van der Waals surface area contributed by atoms with E-state index in [0.717, 1.165) is 5.41 Å². The third-order valence-electron chi connectivity index (χ3n) is 2.70. The summed E-state index contributed by atoms with van der Waals surface area (Å²) in [5.41, 5.74) is 1.08. The molecule has 0 bridgehead atoms. The van der Waals surface area contributed by atoms with Gasteiger partial charge in [-0.05, 0) is 41.5 Å². The van der Waals surface area contributed by atoms with Crippen LogP contribution in [0.15, 0.2) is 47.9 Å². The Morgan fingerprint density at radius 3 is 2.33 bits per heavy atom. The first-order valence-corrected chi connectivity index (χ1v) is 8.43. The van der Waals surface area contributed by atoms with E-state index in [1.54, 1.807) is 12.1 Å². The molecule has 21 heavy (non-hydrogen) atoms. The zero-order valence-corrected chi connectivity index (χ0v) is 13.1. The molecular formula is C15H11Cl2FO2S. The Labute approximate surface area is 132 Å². The molecule has 2 aromatic rings. The van der Waals surface area contributed by atoms with E-state index in [-0.39, 0.29) is 5.75 Å². The first kappa shape index (κ1) is 16.0. The Hall–Kier alpha value is -1.36. The van der Waals surface area contributed by atoms with Crippen molar-refractivity contribution in [3.63, 3.8) is 0 Å². The van der Waals surface area contributed by atoms with Gasteiger partial charge in [-0.2, -0.15) is 0 Å². The van der Waals surface area contributed by atoms with Crippen LogP contribution in [0.3, 0.4) is 0 Å². The second-order valence-electron chi connectivity index (χ2n) is 4.40. The molecule has 0 N–H and O–H groups in total. The smallest absolute Gasteiger partial charge is 0.175 e. The van der Waals surface area contributed by atoms with Crippen LogP contribution in [-0.4, -0.2) is 8.42 Å². The van der Waals surface area contributed by atoms with E-state index in [0.29, 0.717) is 21.2 Å². The maximum atomic E-state index is 12.8. The fraction of sp³-hybridized carbons (Fsp3) is 0.0667. The Morgan fingerprint density at radius 2 is 1.71 bits per heavy atom. The minimum Gasteiger partial charge on any atom is -0.224 e. The normalized spacial score (nSPS) is 12.0. The van der Waals surface area contributed by atoms with Crippen molar-refractivity contribution in [1.29, 1.82) is 0 Å². The summed E-state index contributed by atoms with van der Waals surface area (Å²) in [4.78, 5) is 0. The lowest BCUT2D eigenvalue weighted by molar-refractivity contribution is 0.603. The molecule has 0 saturated heterocycles. The monoisotopic (exact) mass is 344 g/mol. The molecule has 0 aromatic heterocycles. The van der Waals surface area contributed by atoms with Crippen molar-refractivity contribution in [2.24, 2.45) is 0 Å². The molecular weight excluding hydrogens is 334 g/mol. The number of sulfone groups is 1. The van der Waals surface area contributed by atoms with Crippen LogP contribution in [-0.2, 0) is 15.6 Å². The zero-order chi connectivity index (χ0) is 15.5. The molecule has 0 unspecified atom stereocenters. The SMILES string of the molecule is O=S(=O)(C=Cc1ccc(Cl)cc1Cl)Cc1ccc(F)cc1. The highest BCUT2D eigenvalue weighted by Gasteiger charge is 2.08. The van der Waals surface area contributed by atoms with Crippen LogP contribution in [0.2, 0.25) is 10.0 Å². The average Bonchev–Trinajstić information content (AvgIpc) is 2.40. The van der Waals surface area contributed by atoms with E-state index in [4.69, 9.17) is 23.2 Å². The van der Waals surface area contributed by atoms with Crippen molar-refractivity contribution < 1.29 is 12.8 Å². The van der Waals surface area contributed by atoms with Crippen molar-refractivity contribution in [2.75, 3.05) is 0 Å². The maximum Gasteiger partial charge on any atom is 0.175 e. The third-order valence-corrected chi connectivity index (χ3v) is 4.55. The van der Waals surface area contributed by atoms with E-state index in [1.165, 1.54) is 36.4 Å².